The van der Waals surface area contributed by atoms with E-state index in [-0.39, 0.29) is 11.6 Å². The van der Waals surface area contributed by atoms with Gasteiger partial charge in [-0.05, 0) is 83.1 Å². The Morgan fingerprint density at radius 1 is 1.19 bits per heavy atom. The third-order valence-corrected chi connectivity index (χ3v) is 10.1. The molecule has 4 bridgehead atoms. The van der Waals surface area contributed by atoms with Crippen molar-refractivity contribution in [3.63, 3.8) is 0 Å². The molecule has 4 fully saturated rings. The molecule has 1 heterocycles. The molecule has 1 aromatic rings. The summed E-state index contributed by atoms with van der Waals surface area (Å²) < 4.78 is 13.4. The van der Waals surface area contributed by atoms with E-state index in [1.54, 1.807) is 6.21 Å². The van der Waals surface area contributed by atoms with E-state index in [2.05, 4.69) is 27.8 Å². The Bertz CT molecular complexity index is 942. The highest BCUT2D eigenvalue weighted by molar-refractivity contribution is 14.2. The molecule has 4 aliphatic carbocycles. The zero-order valence-corrected chi connectivity index (χ0v) is 20.9. The highest BCUT2D eigenvalue weighted by Crippen LogP contribution is 2.57. The lowest BCUT2D eigenvalue weighted by atomic mass is 9.52. The average Bonchev–Trinajstić information content (AvgIpc) is 2.80. The van der Waals surface area contributed by atoms with Gasteiger partial charge in [0.15, 0.2) is 0 Å². The minimum Gasteiger partial charge on any atom is -0.462 e. The Kier molecular flexibility index (Phi) is 6.49. The van der Waals surface area contributed by atoms with Crippen LogP contribution in [0.3, 0.4) is 0 Å². The van der Waals surface area contributed by atoms with E-state index in [1.165, 1.54) is 24.8 Å². The van der Waals surface area contributed by atoms with Gasteiger partial charge in [-0.15, -0.1) is 0 Å². The molecule has 32 heavy (non-hydrogen) atoms. The van der Waals surface area contributed by atoms with Crippen LogP contribution >= 0.6 is 20.7 Å². The molecule has 3 unspecified atom stereocenters. The number of esters is 1. The zero-order valence-electron chi connectivity index (χ0n) is 18.8. The molecule has 1 aliphatic heterocycles. The predicted molar refractivity (Wildman–Crippen MR) is 135 cm³/mol. The number of halogens is 1. The van der Waals surface area contributed by atoms with Crippen molar-refractivity contribution in [2.75, 3.05) is 13.7 Å². The minimum absolute atomic E-state index is 0.0879. The summed E-state index contributed by atoms with van der Waals surface area (Å²) >= 11 is -0.621. The van der Waals surface area contributed by atoms with E-state index in [1.807, 2.05) is 32.2 Å². The topological polar surface area (TPSA) is 72.0 Å². The SMILES string of the molecule is CCOC(=O)C1=C(NC2[C@@H]3CC4C[C@H]2CC(OC)(C4)C3)I=C(NCc2ccccc2)N=C1. The molecule has 0 spiro atoms. The summed E-state index contributed by atoms with van der Waals surface area (Å²) in [5.41, 5.74) is 1.92. The van der Waals surface area contributed by atoms with Crippen LogP contribution in [0.15, 0.2) is 44.6 Å². The number of benzene rings is 1. The quantitative estimate of drug-likeness (QED) is 0.293. The number of hydrogen-bond donors (Lipinski definition) is 2. The van der Waals surface area contributed by atoms with E-state index >= 15 is 0 Å². The monoisotopic (exact) mass is 549 g/mol. The third-order valence-electron chi connectivity index (χ3n) is 7.45. The molecule has 0 radical (unpaired) electrons. The van der Waals surface area contributed by atoms with Gasteiger partial charge in [0.1, 0.15) is 9.33 Å². The molecule has 5 atom stereocenters. The van der Waals surface area contributed by atoms with Gasteiger partial charge in [-0.3, -0.25) is 5.32 Å². The predicted octanol–water partition coefficient (Wildman–Crippen LogP) is 3.88. The molecule has 6 nitrogen and oxygen atoms in total. The van der Waals surface area contributed by atoms with E-state index in [4.69, 9.17) is 9.47 Å². The molecule has 6 rings (SSSR count). The molecule has 7 heteroatoms. The van der Waals surface area contributed by atoms with Gasteiger partial charge in [-0.25, -0.2) is 9.79 Å². The van der Waals surface area contributed by atoms with Crippen molar-refractivity contribution in [1.82, 2.24) is 10.6 Å². The fourth-order valence-corrected chi connectivity index (χ4v) is 8.57. The van der Waals surface area contributed by atoms with Crippen LogP contribution in [0.2, 0.25) is 0 Å². The van der Waals surface area contributed by atoms with Crippen LogP contribution in [-0.4, -0.2) is 41.3 Å². The first kappa shape index (κ1) is 22.2. The van der Waals surface area contributed by atoms with Gasteiger partial charge >= 0.3 is 5.97 Å². The summed E-state index contributed by atoms with van der Waals surface area (Å²) in [5.74, 6) is 1.75. The van der Waals surface area contributed by atoms with Crippen molar-refractivity contribution in [2.45, 2.75) is 57.2 Å². The summed E-state index contributed by atoms with van der Waals surface area (Å²) in [6, 6.07) is 10.8. The summed E-state index contributed by atoms with van der Waals surface area (Å²) in [7, 11) is 1.89. The molecular weight excluding hydrogens is 517 g/mol. The van der Waals surface area contributed by atoms with Crippen LogP contribution in [0.1, 0.15) is 44.6 Å². The molecule has 5 aliphatic rings. The van der Waals surface area contributed by atoms with Gasteiger partial charge in [-0.2, -0.15) is 0 Å². The Hall–Kier alpha value is -1.58. The molecule has 1 aromatic carbocycles. The van der Waals surface area contributed by atoms with Gasteiger partial charge in [0.25, 0.3) is 0 Å². The van der Waals surface area contributed by atoms with E-state index < -0.39 is 20.7 Å². The Morgan fingerprint density at radius 3 is 2.62 bits per heavy atom. The first-order chi connectivity index (χ1) is 15.6. The second-order valence-corrected chi connectivity index (χ2v) is 12.1. The molecule has 0 saturated heterocycles. The largest absolute Gasteiger partial charge is 0.462 e. The van der Waals surface area contributed by atoms with Crippen molar-refractivity contribution in [3.8, 4) is 0 Å². The second-order valence-electron chi connectivity index (χ2n) is 9.46. The van der Waals surface area contributed by atoms with Gasteiger partial charge in [0.05, 0.1) is 15.9 Å². The number of methoxy groups -OCH3 is 1. The summed E-state index contributed by atoms with van der Waals surface area (Å²) in [5, 5.41) is 7.38. The van der Waals surface area contributed by atoms with Crippen molar-refractivity contribution >= 4 is 36.7 Å². The van der Waals surface area contributed by atoms with Crippen molar-refractivity contribution in [2.24, 2.45) is 22.7 Å². The van der Waals surface area contributed by atoms with E-state index in [9.17, 15) is 4.79 Å². The summed E-state index contributed by atoms with van der Waals surface area (Å²) in [6.45, 7) is 2.96. The van der Waals surface area contributed by atoms with Crippen LogP contribution in [0.4, 0.5) is 0 Å². The van der Waals surface area contributed by atoms with Crippen LogP contribution in [0.25, 0.3) is 0 Å². The first-order valence-electron chi connectivity index (χ1n) is 11.7. The average molecular weight is 549 g/mol. The standard InChI is InChI=1S/C25H32IN3O3/c1-3-32-23(30)20-15-28-24(27-14-16-7-5-4-6-8-16)26-22(20)29-21-18-9-17-10-19(21)13-25(11-17,12-18)31-2/h4-8,15,17-19,21,29H,3,9-14H2,1-2H3,(H,27,28)/t17?,18-,19+,21?,25?. The van der Waals surface area contributed by atoms with E-state index in [0.717, 1.165) is 32.8 Å². The minimum atomic E-state index is -0.621. The van der Waals surface area contributed by atoms with Gasteiger partial charge in [0, 0.05) is 25.9 Å². The number of ether oxygens (including phenoxy) is 2. The molecule has 0 amide bonds. The van der Waals surface area contributed by atoms with Crippen LogP contribution in [0.5, 0.6) is 0 Å². The van der Waals surface area contributed by atoms with Gasteiger partial charge < -0.3 is 14.8 Å². The van der Waals surface area contributed by atoms with Crippen LogP contribution < -0.4 is 10.6 Å². The second kappa shape index (κ2) is 9.35. The maximum Gasteiger partial charge on any atom is 0.342 e. The van der Waals surface area contributed by atoms with Crippen molar-refractivity contribution in [3.05, 3.63) is 45.2 Å². The summed E-state index contributed by atoms with van der Waals surface area (Å²) in [4.78, 5) is 17.3. The lowest BCUT2D eigenvalue weighted by molar-refractivity contribution is -0.156. The molecule has 0 aromatic heterocycles. The number of nitrogens with zero attached hydrogens (tertiary/aromatic N) is 1. The Balaban J connectivity index is 1.36. The number of carbonyl (C=O) groups is 1. The normalized spacial score (nSPS) is 33.0. The van der Waals surface area contributed by atoms with Crippen LogP contribution in [0, 0.1) is 17.8 Å². The van der Waals surface area contributed by atoms with E-state index in [0.29, 0.717) is 30.1 Å². The molecule has 4 saturated carbocycles. The molecule has 172 valence electrons. The number of carbonyl (C=O) groups excluding carboxylic acids is 1. The molecular formula is C25H32IN3O3. The number of nitrogens with one attached hydrogen (secondary N) is 2. The smallest absolute Gasteiger partial charge is 0.342 e. The lowest BCUT2D eigenvalue weighted by Crippen LogP contribution is -2.61. The third kappa shape index (κ3) is 4.43. The number of aliphatic imine (C=N–C) groups is 1. The summed E-state index contributed by atoms with van der Waals surface area (Å²) in [6.07, 6.45) is 7.73. The number of rotatable bonds is 8. The maximum absolute atomic E-state index is 12.7. The van der Waals surface area contributed by atoms with Crippen LogP contribution in [-0.2, 0) is 20.8 Å². The van der Waals surface area contributed by atoms with Crippen molar-refractivity contribution < 1.29 is 14.3 Å². The fourth-order valence-electron chi connectivity index (χ4n) is 6.23. The number of hydrogen-bond acceptors (Lipinski definition) is 6. The molecule has 2 N–H and O–H groups in total. The Labute approximate surface area is 200 Å². The fraction of sp³-hybridized carbons (Fsp3) is 0.560. The first-order valence-corrected chi connectivity index (χ1v) is 13.8. The lowest BCUT2D eigenvalue weighted by Gasteiger charge is -2.59. The van der Waals surface area contributed by atoms with Gasteiger partial charge in [0.2, 0.25) is 0 Å². The highest BCUT2D eigenvalue weighted by atomic mass is 127. The zero-order chi connectivity index (χ0) is 22.1. The maximum atomic E-state index is 12.7. The highest BCUT2D eigenvalue weighted by Gasteiger charge is 2.55. The van der Waals surface area contributed by atoms with Gasteiger partial charge in [-0.1, -0.05) is 30.3 Å². The Morgan fingerprint density at radius 2 is 1.94 bits per heavy atom. The van der Waals surface area contributed by atoms with Crippen molar-refractivity contribution in [1.29, 1.82) is 0 Å².